The molecular formula is C17H17N. The van der Waals surface area contributed by atoms with E-state index in [9.17, 15) is 0 Å². The van der Waals surface area contributed by atoms with Crippen LogP contribution in [0.5, 0.6) is 0 Å². The summed E-state index contributed by atoms with van der Waals surface area (Å²) >= 11 is 0. The van der Waals surface area contributed by atoms with E-state index in [0.717, 1.165) is 12.0 Å². The first-order valence-electron chi connectivity index (χ1n) is 6.14. The highest BCUT2D eigenvalue weighted by molar-refractivity contribution is 5.38. The van der Waals surface area contributed by atoms with Crippen LogP contribution in [0.3, 0.4) is 0 Å². The van der Waals surface area contributed by atoms with Crippen molar-refractivity contribution in [3.8, 4) is 11.8 Å². The van der Waals surface area contributed by atoms with Gasteiger partial charge >= 0.3 is 0 Å². The van der Waals surface area contributed by atoms with E-state index in [1.165, 1.54) is 11.1 Å². The molecule has 0 heterocycles. The lowest BCUT2D eigenvalue weighted by Crippen LogP contribution is -2.10. The highest BCUT2D eigenvalue weighted by atomic mass is 14.6. The first-order valence-corrected chi connectivity index (χ1v) is 6.14. The first kappa shape index (κ1) is 12.4. The highest BCUT2D eigenvalue weighted by Crippen LogP contribution is 2.10. The lowest BCUT2D eigenvalue weighted by atomic mass is 10.0. The van der Waals surface area contributed by atoms with Crippen molar-refractivity contribution >= 4 is 0 Å². The predicted octanol–water partition coefficient (Wildman–Crippen LogP) is 2.98. The molecule has 2 rings (SSSR count). The first-order chi connectivity index (χ1) is 8.74. The second-order valence-electron chi connectivity index (χ2n) is 4.42. The molecule has 18 heavy (non-hydrogen) atoms. The van der Waals surface area contributed by atoms with E-state index in [1.807, 2.05) is 25.1 Å². The van der Waals surface area contributed by atoms with Crippen molar-refractivity contribution in [2.24, 2.45) is 5.73 Å². The van der Waals surface area contributed by atoms with Crippen LogP contribution >= 0.6 is 0 Å². The van der Waals surface area contributed by atoms with Crippen molar-refractivity contribution < 1.29 is 0 Å². The minimum absolute atomic E-state index is 0.0750. The average molecular weight is 235 g/mol. The van der Waals surface area contributed by atoms with Gasteiger partial charge in [0, 0.05) is 5.56 Å². The average Bonchev–Trinajstić information content (AvgIpc) is 2.39. The lowest BCUT2D eigenvalue weighted by Gasteiger charge is -2.01. The summed E-state index contributed by atoms with van der Waals surface area (Å²) in [7, 11) is 0. The van der Waals surface area contributed by atoms with E-state index >= 15 is 0 Å². The van der Waals surface area contributed by atoms with Crippen LogP contribution in [0.1, 0.15) is 23.6 Å². The van der Waals surface area contributed by atoms with Crippen LogP contribution in [0.4, 0.5) is 0 Å². The molecule has 0 aliphatic heterocycles. The Hall–Kier alpha value is -2.04. The monoisotopic (exact) mass is 235 g/mol. The van der Waals surface area contributed by atoms with Gasteiger partial charge in [-0.2, -0.15) is 0 Å². The molecule has 0 radical (unpaired) electrons. The van der Waals surface area contributed by atoms with E-state index in [-0.39, 0.29) is 6.04 Å². The second-order valence-corrected chi connectivity index (χ2v) is 4.42. The Balaban J connectivity index is 2.07. The van der Waals surface area contributed by atoms with E-state index in [2.05, 4.69) is 48.2 Å². The minimum atomic E-state index is -0.0750. The Morgan fingerprint density at radius 3 is 2.17 bits per heavy atom. The van der Waals surface area contributed by atoms with Gasteiger partial charge in [0.15, 0.2) is 0 Å². The normalized spacial score (nSPS) is 11.4. The fourth-order valence-corrected chi connectivity index (χ4v) is 1.73. The van der Waals surface area contributed by atoms with Gasteiger partial charge in [0.25, 0.3) is 0 Å². The topological polar surface area (TPSA) is 26.0 Å². The summed E-state index contributed by atoms with van der Waals surface area (Å²) in [5.41, 5.74) is 9.24. The molecule has 0 saturated carbocycles. The van der Waals surface area contributed by atoms with Gasteiger partial charge in [0.05, 0.1) is 6.04 Å². The number of hydrogen-bond acceptors (Lipinski definition) is 1. The van der Waals surface area contributed by atoms with Crippen LogP contribution in [0.15, 0.2) is 54.6 Å². The van der Waals surface area contributed by atoms with Gasteiger partial charge in [-0.25, -0.2) is 0 Å². The predicted molar refractivity (Wildman–Crippen MR) is 76.2 cm³/mol. The van der Waals surface area contributed by atoms with E-state index < -0.39 is 0 Å². The van der Waals surface area contributed by atoms with E-state index in [4.69, 9.17) is 5.73 Å². The maximum absolute atomic E-state index is 5.60. The van der Waals surface area contributed by atoms with Gasteiger partial charge in [-0.05, 0) is 36.6 Å². The zero-order valence-corrected chi connectivity index (χ0v) is 10.6. The molecule has 2 N–H and O–H groups in total. The van der Waals surface area contributed by atoms with E-state index in [0.29, 0.717) is 0 Å². The Labute approximate surface area is 109 Å². The third-order valence-electron chi connectivity index (χ3n) is 2.65. The molecule has 90 valence electrons. The fourth-order valence-electron chi connectivity index (χ4n) is 1.73. The van der Waals surface area contributed by atoms with Crippen LogP contribution in [0.25, 0.3) is 0 Å². The number of nitrogens with two attached hydrogens (primary N) is 1. The molecule has 0 saturated heterocycles. The zero-order valence-electron chi connectivity index (χ0n) is 10.6. The molecule has 0 amide bonds. The molecular weight excluding hydrogens is 218 g/mol. The van der Waals surface area contributed by atoms with Crippen molar-refractivity contribution in [1.29, 1.82) is 0 Å². The quantitative estimate of drug-likeness (QED) is 0.796. The third-order valence-corrected chi connectivity index (χ3v) is 2.65. The SMILES string of the molecule is CC(N)C#Cc1ccc(Cc2ccccc2)cc1. The molecule has 1 heteroatoms. The molecule has 1 atom stereocenters. The van der Waals surface area contributed by atoms with Crippen molar-refractivity contribution in [3.63, 3.8) is 0 Å². The summed E-state index contributed by atoms with van der Waals surface area (Å²) in [6, 6.07) is 18.7. The Kier molecular flexibility index (Phi) is 4.17. The summed E-state index contributed by atoms with van der Waals surface area (Å²) in [5.74, 6) is 6.02. The molecule has 0 aliphatic carbocycles. The maximum atomic E-state index is 5.60. The van der Waals surface area contributed by atoms with Gasteiger partial charge in [-0.3, -0.25) is 0 Å². The molecule has 0 aromatic heterocycles. The van der Waals surface area contributed by atoms with Crippen molar-refractivity contribution in [2.45, 2.75) is 19.4 Å². The molecule has 2 aromatic rings. The van der Waals surface area contributed by atoms with E-state index in [1.54, 1.807) is 0 Å². The molecule has 0 aliphatic rings. The van der Waals surface area contributed by atoms with Gasteiger partial charge in [0.2, 0.25) is 0 Å². The number of benzene rings is 2. The van der Waals surface area contributed by atoms with Gasteiger partial charge < -0.3 is 5.73 Å². The van der Waals surface area contributed by atoms with Crippen molar-refractivity contribution in [3.05, 3.63) is 71.3 Å². The summed E-state index contributed by atoms with van der Waals surface area (Å²) in [4.78, 5) is 0. The largest absolute Gasteiger partial charge is 0.318 e. The standard InChI is InChI=1S/C17H17N/c1-14(18)7-8-15-9-11-17(12-10-15)13-16-5-3-2-4-6-16/h2-6,9-12,14H,13,18H2,1H3. The molecule has 1 unspecified atom stereocenters. The summed E-state index contributed by atoms with van der Waals surface area (Å²) in [5, 5.41) is 0. The summed E-state index contributed by atoms with van der Waals surface area (Å²) in [6.07, 6.45) is 0.960. The molecule has 0 bridgehead atoms. The van der Waals surface area contributed by atoms with Gasteiger partial charge in [-0.1, -0.05) is 54.3 Å². The Morgan fingerprint density at radius 1 is 0.944 bits per heavy atom. The van der Waals surface area contributed by atoms with Crippen molar-refractivity contribution in [1.82, 2.24) is 0 Å². The molecule has 2 aromatic carbocycles. The number of rotatable bonds is 2. The van der Waals surface area contributed by atoms with Gasteiger partial charge in [0.1, 0.15) is 0 Å². The van der Waals surface area contributed by atoms with Crippen molar-refractivity contribution in [2.75, 3.05) is 0 Å². The molecule has 1 nitrogen and oxygen atoms in total. The third kappa shape index (κ3) is 3.76. The second kappa shape index (κ2) is 6.05. The highest BCUT2D eigenvalue weighted by Gasteiger charge is 1.95. The fraction of sp³-hybridized carbons (Fsp3) is 0.176. The summed E-state index contributed by atoms with van der Waals surface area (Å²) < 4.78 is 0. The smallest absolute Gasteiger partial charge is 0.0639 e. The van der Waals surface area contributed by atoms with Gasteiger partial charge in [-0.15, -0.1) is 0 Å². The molecule has 0 fully saturated rings. The maximum Gasteiger partial charge on any atom is 0.0639 e. The number of hydrogen-bond donors (Lipinski definition) is 1. The Morgan fingerprint density at radius 2 is 1.56 bits per heavy atom. The Bertz CT molecular complexity index is 542. The zero-order chi connectivity index (χ0) is 12.8. The van der Waals surface area contributed by atoms with Crippen LogP contribution in [0, 0.1) is 11.8 Å². The van der Waals surface area contributed by atoms with Crippen LogP contribution in [-0.4, -0.2) is 6.04 Å². The lowest BCUT2D eigenvalue weighted by molar-refractivity contribution is 0.959. The van der Waals surface area contributed by atoms with Crippen LogP contribution in [0.2, 0.25) is 0 Å². The van der Waals surface area contributed by atoms with Crippen LogP contribution < -0.4 is 5.73 Å². The summed E-state index contributed by atoms with van der Waals surface area (Å²) in [6.45, 7) is 1.89. The molecule has 0 spiro atoms. The minimum Gasteiger partial charge on any atom is -0.318 e. The van der Waals surface area contributed by atoms with Crippen LogP contribution in [-0.2, 0) is 6.42 Å².